The Hall–Kier alpha value is -2.47. The van der Waals surface area contributed by atoms with E-state index in [4.69, 9.17) is 0 Å². The Morgan fingerprint density at radius 2 is 1.87 bits per heavy atom. The fourth-order valence-corrected chi connectivity index (χ4v) is 3.72. The molecular formula is C24H33FN4O. The molecule has 1 aromatic carbocycles. The number of benzene rings is 1. The summed E-state index contributed by atoms with van der Waals surface area (Å²) in [5.74, 6) is 0.328. The molecule has 0 atom stereocenters. The quantitative estimate of drug-likeness (QED) is 0.681. The maximum absolute atomic E-state index is 13.2. The van der Waals surface area contributed by atoms with Crippen LogP contribution in [0.25, 0.3) is 0 Å². The second kappa shape index (κ2) is 11.1. The van der Waals surface area contributed by atoms with Crippen molar-refractivity contribution in [1.29, 1.82) is 0 Å². The summed E-state index contributed by atoms with van der Waals surface area (Å²) in [6, 6.07) is 11.6. The molecule has 1 saturated heterocycles. The molecule has 3 rings (SSSR count). The van der Waals surface area contributed by atoms with E-state index >= 15 is 0 Å². The van der Waals surface area contributed by atoms with Crippen molar-refractivity contribution in [2.75, 3.05) is 13.1 Å². The molecular weight excluding hydrogens is 379 g/mol. The first-order valence-electron chi connectivity index (χ1n) is 10.9. The number of urea groups is 1. The molecule has 2 N–H and O–H groups in total. The highest BCUT2D eigenvalue weighted by molar-refractivity contribution is 5.74. The van der Waals surface area contributed by atoms with E-state index in [1.54, 1.807) is 6.07 Å². The molecule has 0 unspecified atom stereocenters. The van der Waals surface area contributed by atoms with Crippen molar-refractivity contribution in [2.24, 2.45) is 5.92 Å². The van der Waals surface area contributed by atoms with E-state index in [9.17, 15) is 9.18 Å². The van der Waals surface area contributed by atoms with Crippen molar-refractivity contribution >= 4 is 6.03 Å². The summed E-state index contributed by atoms with van der Waals surface area (Å²) in [7, 11) is 0. The van der Waals surface area contributed by atoms with Crippen LogP contribution >= 0.6 is 0 Å². The highest BCUT2D eigenvalue weighted by Gasteiger charge is 2.25. The largest absolute Gasteiger partial charge is 0.334 e. The zero-order valence-electron chi connectivity index (χ0n) is 18.0. The molecule has 5 nitrogen and oxygen atoms in total. The molecule has 0 aliphatic carbocycles. The Morgan fingerprint density at radius 1 is 1.17 bits per heavy atom. The molecule has 162 valence electrons. The van der Waals surface area contributed by atoms with Gasteiger partial charge in [0, 0.05) is 12.6 Å². The minimum absolute atomic E-state index is 0.100. The minimum Gasteiger partial charge on any atom is -0.334 e. The molecule has 0 radical (unpaired) electrons. The number of amides is 2. The second-order valence-corrected chi connectivity index (χ2v) is 8.48. The van der Waals surface area contributed by atoms with Gasteiger partial charge in [-0.1, -0.05) is 38.1 Å². The van der Waals surface area contributed by atoms with Gasteiger partial charge in [0.1, 0.15) is 5.82 Å². The monoisotopic (exact) mass is 412 g/mol. The van der Waals surface area contributed by atoms with Crippen molar-refractivity contribution in [3.05, 3.63) is 65.2 Å². The van der Waals surface area contributed by atoms with Crippen LogP contribution in [0, 0.1) is 11.7 Å². The average Bonchev–Trinajstić information content (AvgIpc) is 2.77. The van der Waals surface area contributed by atoms with Crippen LogP contribution in [0.4, 0.5) is 9.18 Å². The lowest BCUT2D eigenvalue weighted by Gasteiger charge is -2.34. The molecule has 1 aliphatic rings. The van der Waals surface area contributed by atoms with Gasteiger partial charge in [-0.25, -0.2) is 9.18 Å². The Kier molecular flexibility index (Phi) is 8.20. The summed E-state index contributed by atoms with van der Waals surface area (Å²) in [4.78, 5) is 19.0. The van der Waals surface area contributed by atoms with E-state index in [-0.39, 0.29) is 17.9 Å². The van der Waals surface area contributed by atoms with Crippen LogP contribution in [0.2, 0.25) is 0 Å². The van der Waals surface area contributed by atoms with Gasteiger partial charge in [-0.05, 0) is 68.0 Å². The number of pyridine rings is 1. The van der Waals surface area contributed by atoms with Gasteiger partial charge < -0.3 is 15.5 Å². The fraction of sp³-hybridized carbons (Fsp3) is 0.500. The number of aromatic nitrogens is 1. The van der Waals surface area contributed by atoms with Crippen LogP contribution in [-0.4, -0.2) is 35.0 Å². The van der Waals surface area contributed by atoms with Gasteiger partial charge in [0.05, 0.1) is 18.4 Å². The molecule has 0 bridgehead atoms. The Balaban J connectivity index is 1.60. The highest BCUT2D eigenvalue weighted by atomic mass is 19.1. The van der Waals surface area contributed by atoms with Gasteiger partial charge in [0.2, 0.25) is 0 Å². The molecule has 1 aliphatic heterocycles. The average molecular weight is 413 g/mol. The van der Waals surface area contributed by atoms with Crippen molar-refractivity contribution in [3.63, 3.8) is 0 Å². The van der Waals surface area contributed by atoms with Crippen molar-refractivity contribution in [1.82, 2.24) is 20.5 Å². The zero-order valence-corrected chi connectivity index (χ0v) is 18.0. The van der Waals surface area contributed by atoms with E-state index in [2.05, 4.69) is 53.7 Å². The van der Waals surface area contributed by atoms with E-state index in [0.717, 1.165) is 37.9 Å². The molecule has 1 fully saturated rings. The molecule has 2 heterocycles. The van der Waals surface area contributed by atoms with E-state index in [0.29, 0.717) is 24.7 Å². The predicted octanol–water partition coefficient (Wildman–Crippen LogP) is 4.27. The summed E-state index contributed by atoms with van der Waals surface area (Å²) >= 11 is 0. The normalized spacial score (nSPS) is 14.7. The Labute approximate surface area is 179 Å². The first-order valence-corrected chi connectivity index (χ1v) is 10.9. The van der Waals surface area contributed by atoms with Gasteiger partial charge in [-0.15, -0.1) is 0 Å². The third-order valence-electron chi connectivity index (χ3n) is 5.61. The van der Waals surface area contributed by atoms with Gasteiger partial charge in [0.25, 0.3) is 0 Å². The molecule has 30 heavy (non-hydrogen) atoms. The molecule has 0 saturated carbocycles. The van der Waals surface area contributed by atoms with Crippen molar-refractivity contribution in [2.45, 2.75) is 58.7 Å². The Morgan fingerprint density at radius 3 is 2.50 bits per heavy atom. The van der Waals surface area contributed by atoms with Gasteiger partial charge in [0.15, 0.2) is 0 Å². The predicted molar refractivity (Wildman–Crippen MR) is 117 cm³/mol. The topological polar surface area (TPSA) is 57.3 Å². The first kappa shape index (κ1) is 22.2. The van der Waals surface area contributed by atoms with Gasteiger partial charge in [-0.2, -0.15) is 0 Å². The third kappa shape index (κ3) is 6.80. The maximum atomic E-state index is 13.2. The van der Waals surface area contributed by atoms with Crippen LogP contribution in [-0.2, 0) is 19.5 Å². The summed E-state index contributed by atoms with van der Waals surface area (Å²) in [6.45, 7) is 7.12. The minimum atomic E-state index is -0.367. The van der Waals surface area contributed by atoms with Crippen LogP contribution in [0.3, 0.4) is 0 Å². The summed E-state index contributed by atoms with van der Waals surface area (Å²) in [5.41, 5.74) is 3.11. The Bertz CT molecular complexity index is 786. The smallest absolute Gasteiger partial charge is 0.318 e. The molecule has 2 amide bonds. The SMILES string of the molecule is CC(C)CCc1ccc(CNC(=O)N(Cc2ccc(F)cn2)C2CCNCC2)cc1. The summed E-state index contributed by atoms with van der Waals surface area (Å²) < 4.78 is 13.2. The van der Waals surface area contributed by atoms with Gasteiger partial charge >= 0.3 is 6.03 Å². The van der Waals surface area contributed by atoms with E-state index in [1.807, 2.05) is 4.90 Å². The van der Waals surface area contributed by atoms with Crippen LogP contribution < -0.4 is 10.6 Å². The number of hydrogen-bond acceptors (Lipinski definition) is 3. The molecule has 6 heteroatoms. The summed E-state index contributed by atoms with van der Waals surface area (Å²) in [6.07, 6.45) is 5.27. The first-order chi connectivity index (χ1) is 14.5. The number of nitrogens with zero attached hydrogens (tertiary/aromatic N) is 2. The second-order valence-electron chi connectivity index (χ2n) is 8.48. The van der Waals surface area contributed by atoms with Crippen LogP contribution in [0.5, 0.6) is 0 Å². The number of halogens is 1. The van der Waals surface area contributed by atoms with E-state index in [1.165, 1.54) is 24.2 Å². The van der Waals surface area contributed by atoms with Crippen molar-refractivity contribution < 1.29 is 9.18 Å². The van der Waals surface area contributed by atoms with Crippen molar-refractivity contribution in [3.8, 4) is 0 Å². The lowest BCUT2D eigenvalue weighted by molar-refractivity contribution is 0.153. The fourth-order valence-electron chi connectivity index (χ4n) is 3.72. The summed E-state index contributed by atoms with van der Waals surface area (Å²) in [5, 5.41) is 6.40. The number of carbonyl (C=O) groups is 1. The number of nitrogens with one attached hydrogen (secondary N) is 2. The third-order valence-corrected chi connectivity index (χ3v) is 5.61. The highest BCUT2D eigenvalue weighted by Crippen LogP contribution is 2.16. The number of hydrogen-bond donors (Lipinski definition) is 2. The zero-order chi connectivity index (χ0) is 21.3. The number of rotatable bonds is 8. The van der Waals surface area contributed by atoms with E-state index < -0.39 is 0 Å². The number of carbonyl (C=O) groups excluding carboxylic acids is 1. The molecule has 2 aromatic rings. The van der Waals surface area contributed by atoms with Crippen LogP contribution in [0.15, 0.2) is 42.6 Å². The molecule has 0 spiro atoms. The maximum Gasteiger partial charge on any atom is 0.318 e. The molecule has 1 aromatic heterocycles. The standard InChI is InChI=1S/C24H33FN4O/c1-18(2)3-4-19-5-7-20(8-6-19)15-28-24(30)29(23-11-13-26-14-12-23)17-22-10-9-21(25)16-27-22/h5-10,16,18,23,26H,3-4,11-15,17H2,1-2H3,(H,28,30). The lowest BCUT2D eigenvalue weighted by Crippen LogP contribution is -2.49. The lowest BCUT2D eigenvalue weighted by atomic mass is 10.0. The van der Waals surface area contributed by atoms with Gasteiger partial charge in [-0.3, -0.25) is 4.98 Å². The number of aryl methyl sites for hydroxylation is 1. The van der Waals surface area contributed by atoms with Crippen LogP contribution in [0.1, 0.15) is 49.9 Å². The number of piperidine rings is 1.